The number of aliphatic hydroxyl groups is 1. The maximum Gasteiger partial charge on any atom is 0.326 e. The van der Waals surface area contributed by atoms with Gasteiger partial charge in [-0.15, -0.1) is 0 Å². The minimum Gasteiger partial charge on any atom is -0.480 e. The Bertz CT molecular complexity index is 450. The lowest BCUT2D eigenvalue weighted by Crippen LogP contribution is -2.46. The summed E-state index contributed by atoms with van der Waals surface area (Å²) in [6.07, 6.45) is 1.58. The molecule has 0 saturated heterocycles. The van der Waals surface area contributed by atoms with E-state index < -0.39 is 18.0 Å². The largest absolute Gasteiger partial charge is 0.480 e. The van der Waals surface area contributed by atoms with E-state index in [2.05, 4.69) is 15.6 Å². The van der Waals surface area contributed by atoms with Crippen LogP contribution in [0, 0.1) is 6.92 Å². The zero-order valence-electron chi connectivity index (χ0n) is 10.6. The molecule has 1 atom stereocenters. The molecule has 7 nitrogen and oxygen atoms in total. The lowest BCUT2D eigenvalue weighted by molar-refractivity contribution is -0.139. The van der Waals surface area contributed by atoms with Gasteiger partial charge in [0.2, 0.25) is 0 Å². The van der Waals surface area contributed by atoms with Crippen molar-refractivity contribution in [3.05, 3.63) is 29.6 Å². The maximum atomic E-state index is 11.5. The minimum atomic E-state index is -1.18. The zero-order valence-corrected chi connectivity index (χ0v) is 10.6. The van der Waals surface area contributed by atoms with Gasteiger partial charge in [0.25, 0.3) is 0 Å². The fourth-order valence-corrected chi connectivity index (χ4v) is 1.46. The molecule has 2 amide bonds. The number of carboxylic acid groups (broad SMARTS) is 1. The highest BCUT2D eigenvalue weighted by atomic mass is 16.4. The van der Waals surface area contributed by atoms with Crippen LogP contribution in [0.2, 0.25) is 0 Å². The molecule has 1 aromatic heterocycles. The van der Waals surface area contributed by atoms with E-state index in [1.807, 2.05) is 13.0 Å². The van der Waals surface area contributed by atoms with Crippen LogP contribution < -0.4 is 10.6 Å². The number of carbonyl (C=O) groups excluding carboxylic acids is 1. The van der Waals surface area contributed by atoms with Crippen molar-refractivity contribution in [1.29, 1.82) is 0 Å². The Balaban J connectivity index is 2.47. The first-order valence-corrected chi connectivity index (χ1v) is 5.83. The number of rotatable bonds is 6. The summed E-state index contributed by atoms with van der Waals surface area (Å²) in [5, 5.41) is 22.3. The van der Waals surface area contributed by atoms with Crippen LogP contribution in [0.3, 0.4) is 0 Å². The molecule has 1 heterocycles. The average molecular weight is 267 g/mol. The fraction of sp³-hybridized carbons (Fsp3) is 0.417. The van der Waals surface area contributed by atoms with Gasteiger partial charge in [-0.1, -0.05) is 6.07 Å². The number of amides is 2. The summed E-state index contributed by atoms with van der Waals surface area (Å²) in [6, 6.07) is 1.95. The van der Waals surface area contributed by atoms with Crippen LogP contribution in [0.15, 0.2) is 18.3 Å². The molecule has 0 aliphatic carbocycles. The first-order valence-electron chi connectivity index (χ1n) is 5.83. The molecule has 4 N–H and O–H groups in total. The fourth-order valence-electron chi connectivity index (χ4n) is 1.46. The summed E-state index contributed by atoms with van der Waals surface area (Å²) in [5.41, 5.74) is 1.65. The van der Waals surface area contributed by atoms with Gasteiger partial charge < -0.3 is 20.8 Å². The third-order valence-corrected chi connectivity index (χ3v) is 2.56. The standard InChI is InChI=1S/C12H17N3O4/c1-8-3-2-5-13-10(8)7-14-12(19)15-9(4-6-16)11(17)18/h2-3,5,9,16H,4,6-7H2,1H3,(H,17,18)(H2,14,15,19). The Labute approximate surface area is 110 Å². The zero-order chi connectivity index (χ0) is 14.3. The van der Waals surface area contributed by atoms with Gasteiger partial charge in [-0.2, -0.15) is 0 Å². The summed E-state index contributed by atoms with van der Waals surface area (Å²) in [7, 11) is 0. The summed E-state index contributed by atoms with van der Waals surface area (Å²) in [4.78, 5) is 26.4. The summed E-state index contributed by atoms with van der Waals surface area (Å²) in [6.45, 7) is 1.77. The van der Waals surface area contributed by atoms with Crippen molar-refractivity contribution in [2.24, 2.45) is 0 Å². The molecule has 0 aromatic carbocycles. The van der Waals surface area contributed by atoms with Gasteiger partial charge in [0.05, 0.1) is 12.2 Å². The first kappa shape index (κ1) is 14.9. The topological polar surface area (TPSA) is 112 Å². The van der Waals surface area contributed by atoms with Crippen molar-refractivity contribution in [1.82, 2.24) is 15.6 Å². The Morgan fingerprint density at radius 3 is 2.79 bits per heavy atom. The molecular weight excluding hydrogens is 250 g/mol. The summed E-state index contributed by atoms with van der Waals surface area (Å²) in [5.74, 6) is -1.18. The number of aryl methyl sites for hydroxylation is 1. The highest BCUT2D eigenvalue weighted by Crippen LogP contribution is 2.02. The highest BCUT2D eigenvalue weighted by Gasteiger charge is 2.18. The van der Waals surface area contributed by atoms with Crippen LogP contribution >= 0.6 is 0 Å². The molecule has 0 radical (unpaired) electrons. The molecule has 0 bridgehead atoms. The maximum absolute atomic E-state index is 11.5. The Hall–Kier alpha value is -2.15. The minimum absolute atomic E-state index is 0.0363. The quantitative estimate of drug-likeness (QED) is 0.581. The SMILES string of the molecule is Cc1cccnc1CNC(=O)NC(CCO)C(=O)O. The smallest absolute Gasteiger partial charge is 0.326 e. The third-order valence-electron chi connectivity index (χ3n) is 2.56. The van der Waals surface area contributed by atoms with Gasteiger partial charge in [-0.3, -0.25) is 4.98 Å². The molecule has 0 aliphatic rings. The average Bonchev–Trinajstić information content (AvgIpc) is 2.37. The van der Waals surface area contributed by atoms with Gasteiger partial charge in [0.1, 0.15) is 6.04 Å². The second-order valence-corrected chi connectivity index (χ2v) is 4.00. The van der Waals surface area contributed by atoms with E-state index in [4.69, 9.17) is 10.2 Å². The van der Waals surface area contributed by atoms with Gasteiger partial charge in [-0.25, -0.2) is 9.59 Å². The molecule has 1 unspecified atom stereocenters. The van der Waals surface area contributed by atoms with E-state index in [-0.39, 0.29) is 19.6 Å². The molecule has 19 heavy (non-hydrogen) atoms. The van der Waals surface area contributed by atoms with Gasteiger partial charge >= 0.3 is 12.0 Å². The number of carbonyl (C=O) groups is 2. The Morgan fingerprint density at radius 2 is 2.21 bits per heavy atom. The number of aliphatic hydroxyl groups excluding tert-OH is 1. The molecule has 1 aromatic rings. The van der Waals surface area contributed by atoms with E-state index >= 15 is 0 Å². The van der Waals surface area contributed by atoms with Crippen molar-refractivity contribution in [3.63, 3.8) is 0 Å². The van der Waals surface area contributed by atoms with Crippen molar-refractivity contribution >= 4 is 12.0 Å². The molecular formula is C12H17N3O4. The third kappa shape index (κ3) is 4.92. The first-order chi connectivity index (χ1) is 9.04. The van der Waals surface area contributed by atoms with Crippen LogP contribution in [0.1, 0.15) is 17.7 Å². The number of carboxylic acids is 1. The highest BCUT2D eigenvalue weighted by molar-refractivity contribution is 5.82. The number of nitrogens with one attached hydrogen (secondary N) is 2. The summed E-state index contributed by atoms with van der Waals surface area (Å²) < 4.78 is 0. The number of nitrogens with zero attached hydrogens (tertiary/aromatic N) is 1. The van der Waals surface area contributed by atoms with E-state index in [1.54, 1.807) is 12.3 Å². The van der Waals surface area contributed by atoms with Crippen LogP contribution in [0.4, 0.5) is 4.79 Å². The van der Waals surface area contributed by atoms with E-state index in [9.17, 15) is 9.59 Å². The summed E-state index contributed by atoms with van der Waals surface area (Å²) >= 11 is 0. The molecule has 0 saturated carbocycles. The molecule has 0 spiro atoms. The Morgan fingerprint density at radius 1 is 1.47 bits per heavy atom. The van der Waals surface area contributed by atoms with Gasteiger partial charge in [-0.05, 0) is 18.6 Å². The molecule has 0 aliphatic heterocycles. The van der Waals surface area contributed by atoms with Crippen LogP contribution in [-0.2, 0) is 11.3 Å². The number of aliphatic carboxylic acids is 1. The second-order valence-electron chi connectivity index (χ2n) is 4.00. The molecule has 0 fully saturated rings. The van der Waals surface area contributed by atoms with Crippen molar-refractivity contribution in [2.45, 2.75) is 25.9 Å². The number of pyridine rings is 1. The number of urea groups is 1. The second kappa shape index (κ2) is 7.32. The monoisotopic (exact) mass is 267 g/mol. The molecule has 104 valence electrons. The van der Waals surface area contributed by atoms with Crippen molar-refractivity contribution in [3.8, 4) is 0 Å². The van der Waals surface area contributed by atoms with E-state index in [1.165, 1.54) is 0 Å². The lowest BCUT2D eigenvalue weighted by atomic mass is 10.2. The van der Waals surface area contributed by atoms with Crippen LogP contribution in [-0.4, -0.2) is 39.8 Å². The molecule has 7 heteroatoms. The van der Waals surface area contributed by atoms with Crippen molar-refractivity contribution in [2.75, 3.05) is 6.61 Å². The van der Waals surface area contributed by atoms with E-state index in [0.29, 0.717) is 5.69 Å². The van der Waals surface area contributed by atoms with Crippen LogP contribution in [0.5, 0.6) is 0 Å². The normalized spacial score (nSPS) is 11.7. The number of hydrogen-bond donors (Lipinski definition) is 4. The predicted molar refractivity (Wildman–Crippen MR) is 67.5 cm³/mol. The van der Waals surface area contributed by atoms with Gasteiger partial charge in [0, 0.05) is 19.2 Å². The lowest BCUT2D eigenvalue weighted by Gasteiger charge is -2.14. The van der Waals surface area contributed by atoms with E-state index in [0.717, 1.165) is 5.56 Å². The number of aromatic nitrogens is 1. The number of hydrogen-bond acceptors (Lipinski definition) is 4. The van der Waals surface area contributed by atoms with Crippen LogP contribution in [0.25, 0.3) is 0 Å². The van der Waals surface area contributed by atoms with Gasteiger partial charge in [0.15, 0.2) is 0 Å². The Kier molecular flexibility index (Phi) is 5.74. The van der Waals surface area contributed by atoms with Crippen molar-refractivity contribution < 1.29 is 19.8 Å². The molecule has 1 rings (SSSR count). The predicted octanol–water partition coefficient (Wildman–Crippen LogP) is 0.0248.